The van der Waals surface area contributed by atoms with E-state index in [9.17, 15) is 14.7 Å². The van der Waals surface area contributed by atoms with Crippen LogP contribution in [-0.4, -0.2) is 10.5 Å². The van der Waals surface area contributed by atoms with Gasteiger partial charge in [-0.2, -0.15) is 0 Å². The maximum Gasteiger partial charge on any atom is 0.125 e. The van der Waals surface area contributed by atoms with Crippen molar-refractivity contribution in [3.63, 3.8) is 0 Å². The zero-order valence-electron chi connectivity index (χ0n) is 11.6. The van der Waals surface area contributed by atoms with Crippen LogP contribution in [0.15, 0.2) is 60.1 Å². The maximum absolute atomic E-state index is 13.4. The molecular formula is C16H13FN3O2-. The molecule has 0 amide bonds. The van der Waals surface area contributed by atoms with E-state index in [1.165, 1.54) is 23.2 Å². The van der Waals surface area contributed by atoms with Crippen molar-refractivity contribution in [2.45, 2.75) is 12.8 Å². The average Bonchev–Trinajstić information content (AvgIpc) is 2.79. The van der Waals surface area contributed by atoms with E-state index < -0.39 is 5.82 Å². The van der Waals surface area contributed by atoms with Gasteiger partial charge in [-0.3, -0.25) is 5.21 Å². The van der Waals surface area contributed by atoms with Gasteiger partial charge >= 0.3 is 0 Å². The third-order valence-corrected chi connectivity index (χ3v) is 3.96. The number of hydrogen-bond donors (Lipinski definition) is 1. The van der Waals surface area contributed by atoms with Crippen LogP contribution < -0.4 is 15.1 Å². The van der Waals surface area contributed by atoms with E-state index in [1.54, 1.807) is 6.07 Å². The van der Waals surface area contributed by atoms with Crippen molar-refractivity contribution in [1.29, 1.82) is 0 Å². The lowest BCUT2D eigenvalue weighted by Gasteiger charge is -2.35. The molecule has 0 aromatic heterocycles. The van der Waals surface area contributed by atoms with Gasteiger partial charge in [-0.15, -0.1) is 0 Å². The lowest BCUT2D eigenvalue weighted by Crippen LogP contribution is -2.46. The third kappa shape index (κ3) is 1.78. The summed E-state index contributed by atoms with van der Waals surface area (Å²) in [6.07, 6.45) is 1.26. The van der Waals surface area contributed by atoms with Gasteiger partial charge in [-0.25, -0.2) is 14.4 Å². The Morgan fingerprint density at radius 2 is 1.82 bits per heavy atom. The summed E-state index contributed by atoms with van der Waals surface area (Å²) in [6, 6.07) is 13.2. The summed E-state index contributed by atoms with van der Waals surface area (Å²) < 4.78 is 13.4. The Kier molecular flexibility index (Phi) is 2.82. The summed E-state index contributed by atoms with van der Waals surface area (Å²) in [7, 11) is 0. The number of anilines is 2. The Morgan fingerprint density at radius 1 is 1.00 bits per heavy atom. The van der Waals surface area contributed by atoms with E-state index >= 15 is 0 Å². The zero-order chi connectivity index (χ0) is 15.3. The Labute approximate surface area is 126 Å². The molecule has 2 aliphatic rings. The molecule has 0 bridgehead atoms. The van der Waals surface area contributed by atoms with E-state index in [-0.39, 0.29) is 11.6 Å². The number of hydrogen-bond acceptors (Lipinski definition) is 5. The molecule has 2 heterocycles. The molecular weight excluding hydrogens is 285 g/mol. The van der Waals surface area contributed by atoms with E-state index in [1.807, 2.05) is 24.3 Å². The molecule has 0 fully saturated rings. The summed E-state index contributed by atoms with van der Waals surface area (Å²) >= 11 is 0. The lowest BCUT2D eigenvalue weighted by atomic mass is 10.0. The molecule has 0 saturated carbocycles. The number of rotatable bonds is 1. The highest BCUT2D eigenvalue weighted by Gasteiger charge is 2.36. The summed E-state index contributed by atoms with van der Waals surface area (Å²) in [5, 5.41) is 26.4. The third-order valence-electron chi connectivity index (χ3n) is 3.96. The molecule has 0 aliphatic carbocycles. The number of benzene rings is 2. The minimum atomic E-state index is -0.464. The smallest absolute Gasteiger partial charge is 0.125 e. The molecule has 0 unspecified atom stereocenters. The molecule has 112 valence electrons. The fourth-order valence-electron chi connectivity index (χ4n) is 2.96. The molecule has 6 heteroatoms. The van der Waals surface area contributed by atoms with Crippen LogP contribution in [0.4, 0.5) is 15.8 Å². The van der Waals surface area contributed by atoms with Gasteiger partial charge in [-0.1, -0.05) is 24.3 Å². The van der Waals surface area contributed by atoms with Gasteiger partial charge in [0.1, 0.15) is 5.82 Å². The fourth-order valence-corrected chi connectivity index (χ4v) is 2.96. The highest BCUT2D eigenvalue weighted by Crippen LogP contribution is 2.40. The first-order valence-corrected chi connectivity index (χ1v) is 6.99. The van der Waals surface area contributed by atoms with E-state index in [2.05, 4.69) is 0 Å². The molecule has 0 saturated heterocycles. The van der Waals surface area contributed by atoms with Crippen molar-refractivity contribution >= 4 is 11.4 Å². The first kappa shape index (κ1) is 13.1. The monoisotopic (exact) mass is 298 g/mol. The van der Waals surface area contributed by atoms with Crippen LogP contribution in [0.2, 0.25) is 0 Å². The molecule has 22 heavy (non-hydrogen) atoms. The Hall–Kier alpha value is -2.57. The number of aryl methyl sites for hydroxylation is 1. The Bertz CT molecular complexity index is 777. The number of para-hydroxylation sites is 1. The number of fused-ring (bicyclic) bond motifs is 3. The van der Waals surface area contributed by atoms with Gasteiger partial charge < -0.3 is 5.11 Å². The van der Waals surface area contributed by atoms with Crippen molar-refractivity contribution in [1.82, 2.24) is 5.28 Å². The van der Waals surface area contributed by atoms with Crippen molar-refractivity contribution in [3.05, 3.63) is 71.5 Å². The van der Waals surface area contributed by atoms with E-state index in [0.29, 0.717) is 12.1 Å². The fraction of sp³-hybridized carbons (Fsp3) is 0.125. The second kappa shape index (κ2) is 4.72. The second-order valence-electron chi connectivity index (χ2n) is 5.25. The number of hydrazine groups is 2. The van der Waals surface area contributed by atoms with Crippen LogP contribution in [0.3, 0.4) is 0 Å². The normalized spacial score (nSPS) is 17.7. The molecule has 2 aromatic carbocycles. The zero-order valence-corrected chi connectivity index (χ0v) is 11.6. The van der Waals surface area contributed by atoms with Gasteiger partial charge in [0.15, 0.2) is 0 Å². The van der Waals surface area contributed by atoms with Crippen molar-refractivity contribution < 1.29 is 14.7 Å². The highest BCUT2D eigenvalue weighted by atomic mass is 19.1. The first-order chi connectivity index (χ1) is 10.7. The minimum Gasteiger partial charge on any atom is -0.858 e. The predicted octanol–water partition coefficient (Wildman–Crippen LogP) is 2.15. The second-order valence-corrected chi connectivity index (χ2v) is 5.25. The van der Waals surface area contributed by atoms with Gasteiger partial charge in [0.2, 0.25) is 0 Å². The highest BCUT2D eigenvalue weighted by molar-refractivity contribution is 5.65. The molecule has 4 rings (SSSR count). The van der Waals surface area contributed by atoms with Crippen molar-refractivity contribution in [2.24, 2.45) is 0 Å². The number of allylic oxidation sites excluding steroid dienone is 1. The molecule has 0 radical (unpaired) electrons. The molecule has 2 aromatic rings. The predicted molar refractivity (Wildman–Crippen MR) is 76.8 cm³/mol. The SMILES string of the molecule is [O-]C1=C2CCc3ccccc3N2N(O)N1c1cccc(F)c1. The largest absolute Gasteiger partial charge is 0.858 e. The Balaban J connectivity index is 1.82. The number of halogens is 1. The summed E-state index contributed by atoms with van der Waals surface area (Å²) in [5.41, 5.74) is 2.58. The van der Waals surface area contributed by atoms with Crippen LogP contribution in [0, 0.1) is 5.82 Å². The Morgan fingerprint density at radius 3 is 2.64 bits per heavy atom. The maximum atomic E-state index is 13.4. The van der Waals surface area contributed by atoms with Gasteiger partial charge in [0.05, 0.1) is 17.1 Å². The van der Waals surface area contributed by atoms with Crippen LogP contribution in [-0.2, 0) is 6.42 Å². The molecule has 0 spiro atoms. The summed E-state index contributed by atoms with van der Waals surface area (Å²) in [6.45, 7) is 0. The van der Waals surface area contributed by atoms with Gasteiger partial charge in [-0.05, 0) is 42.7 Å². The molecule has 1 N–H and O–H groups in total. The van der Waals surface area contributed by atoms with Crippen LogP contribution in [0.5, 0.6) is 0 Å². The van der Waals surface area contributed by atoms with Gasteiger partial charge in [0.25, 0.3) is 0 Å². The number of nitrogens with zero attached hydrogens (tertiary/aromatic N) is 3. The summed E-state index contributed by atoms with van der Waals surface area (Å²) in [5.74, 6) is -0.809. The lowest BCUT2D eigenvalue weighted by molar-refractivity contribution is -0.314. The molecule has 0 atom stereocenters. The average molecular weight is 298 g/mol. The van der Waals surface area contributed by atoms with E-state index in [4.69, 9.17) is 0 Å². The van der Waals surface area contributed by atoms with Crippen LogP contribution in [0.1, 0.15) is 12.0 Å². The summed E-state index contributed by atoms with van der Waals surface area (Å²) in [4.78, 5) is 0. The van der Waals surface area contributed by atoms with Crippen LogP contribution >= 0.6 is 0 Å². The van der Waals surface area contributed by atoms with Crippen molar-refractivity contribution in [3.8, 4) is 0 Å². The topological polar surface area (TPSA) is 53.0 Å². The van der Waals surface area contributed by atoms with Crippen LogP contribution in [0.25, 0.3) is 0 Å². The van der Waals surface area contributed by atoms with Crippen molar-refractivity contribution in [2.75, 3.05) is 10.0 Å². The molecule has 5 nitrogen and oxygen atoms in total. The minimum absolute atomic E-state index is 0.284. The standard InChI is InChI=1S/C16H14FN3O2/c17-12-5-3-6-13(10-12)18-16(21)15-9-8-11-4-1-2-7-14(11)19(15)20(18)22/h1-7,10,21-22H,8-9H2/p-1. The quantitative estimate of drug-likeness (QED) is 0.874. The van der Waals surface area contributed by atoms with Gasteiger partial charge in [0, 0.05) is 11.2 Å². The first-order valence-electron chi connectivity index (χ1n) is 6.99. The molecule has 2 aliphatic heterocycles. The van der Waals surface area contributed by atoms with E-state index in [0.717, 1.165) is 28.0 Å².